The molecule has 1 saturated carbocycles. The van der Waals surface area contributed by atoms with Gasteiger partial charge in [-0.15, -0.1) is 0 Å². The van der Waals surface area contributed by atoms with Gasteiger partial charge in [0.15, 0.2) is 0 Å². The molecular weight excluding hydrogens is 344 g/mol. The zero-order valence-electron chi connectivity index (χ0n) is 18.0. The van der Waals surface area contributed by atoms with Gasteiger partial charge in [-0.1, -0.05) is 45.9 Å². The van der Waals surface area contributed by atoms with Gasteiger partial charge in [-0.2, -0.15) is 0 Å². The van der Waals surface area contributed by atoms with Crippen molar-refractivity contribution in [3.05, 3.63) is 42.1 Å². The lowest BCUT2D eigenvalue weighted by molar-refractivity contribution is -0.133. The molecule has 2 aromatic rings. The summed E-state index contributed by atoms with van der Waals surface area (Å²) < 4.78 is 0. The second kappa shape index (κ2) is 9.54. The molecule has 0 aliphatic heterocycles. The first kappa shape index (κ1) is 20.8. The molecule has 0 saturated heterocycles. The third-order valence-electron chi connectivity index (χ3n) is 5.96. The number of nitrogens with zero attached hydrogens (tertiary/aromatic N) is 2. The molecule has 1 aromatic heterocycles. The molecule has 28 heavy (non-hydrogen) atoms. The second-order valence-electron chi connectivity index (χ2n) is 9.43. The van der Waals surface area contributed by atoms with E-state index in [-0.39, 0.29) is 0 Å². The molecule has 1 aliphatic carbocycles. The Hall–Kier alpha value is -1.90. The topological polar surface area (TPSA) is 33.2 Å². The van der Waals surface area contributed by atoms with E-state index in [1.165, 1.54) is 23.8 Å². The molecule has 3 rings (SSSR count). The summed E-state index contributed by atoms with van der Waals surface area (Å²) in [7, 11) is 0. The van der Waals surface area contributed by atoms with E-state index < -0.39 is 0 Å². The average Bonchev–Trinajstić information content (AvgIpc) is 2.67. The normalized spacial score (nSPS) is 20.1. The van der Waals surface area contributed by atoms with Gasteiger partial charge in [-0.05, 0) is 67.1 Å². The molecular formula is C25H36N2O. The highest BCUT2D eigenvalue weighted by atomic mass is 16.2. The number of fused-ring (bicyclic) bond motifs is 1. The number of carbonyl (C=O) groups is 1. The summed E-state index contributed by atoms with van der Waals surface area (Å²) in [6.07, 6.45) is 7.35. The third-order valence-corrected chi connectivity index (χ3v) is 5.96. The molecule has 0 bridgehead atoms. The number of hydrogen-bond acceptors (Lipinski definition) is 2. The van der Waals surface area contributed by atoms with E-state index in [0.29, 0.717) is 29.6 Å². The van der Waals surface area contributed by atoms with Crippen LogP contribution in [-0.4, -0.2) is 28.9 Å². The highest BCUT2D eigenvalue weighted by Crippen LogP contribution is 2.39. The van der Waals surface area contributed by atoms with Crippen molar-refractivity contribution < 1.29 is 4.79 Å². The lowest BCUT2D eigenvalue weighted by Crippen LogP contribution is -2.38. The third kappa shape index (κ3) is 5.33. The maximum atomic E-state index is 12.9. The van der Waals surface area contributed by atoms with E-state index in [0.717, 1.165) is 37.9 Å². The van der Waals surface area contributed by atoms with Gasteiger partial charge in [0.25, 0.3) is 0 Å². The van der Waals surface area contributed by atoms with Crippen LogP contribution in [0.1, 0.15) is 71.3 Å². The number of benzene rings is 1. The molecule has 0 unspecified atom stereocenters. The van der Waals surface area contributed by atoms with E-state index in [2.05, 4.69) is 67.9 Å². The van der Waals surface area contributed by atoms with Gasteiger partial charge in [-0.3, -0.25) is 9.78 Å². The van der Waals surface area contributed by atoms with Crippen molar-refractivity contribution in [2.24, 2.45) is 17.8 Å². The van der Waals surface area contributed by atoms with Crippen molar-refractivity contribution in [2.45, 2.75) is 65.7 Å². The molecule has 152 valence electrons. The summed E-state index contributed by atoms with van der Waals surface area (Å²) in [5.74, 6) is 2.55. The summed E-state index contributed by atoms with van der Waals surface area (Å²) in [4.78, 5) is 19.5. The molecule has 1 aromatic carbocycles. The Morgan fingerprint density at radius 2 is 1.64 bits per heavy atom. The van der Waals surface area contributed by atoms with Gasteiger partial charge in [0.2, 0.25) is 5.91 Å². The van der Waals surface area contributed by atoms with Gasteiger partial charge in [0, 0.05) is 31.1 Å². The summed E-state index contributed by atoms with van der Waals surface area (Å²) >= 11 is 0. The first-order valence-corrected chi connectivity index (χ1v) is 11.1. The number of pyridine rings is 1. The first-order chi connectivity index (χ1) is 13.4. The van der Waals surface area contributed by atoms with E-state index in [1.54, 1.807) is 0 Å². The second-order valence-corrected chi connectivity index (χ2v) is 9.43. The Bertz CT molecular complexity index is 760. The van der Waals surface area contributed by atoms with E-state index in [4.69, 9.17) is 0 Å². The minimum absolute atomic E-state index is 0.361. The quantitative estimate of drug-likeness (QED) is 0.587. The SMILES string of the molecule is CC(C)CN(CC(C)C)C(=O)C[C@H]1CC[C@@H](c2ccnc3ccccc32)CC1. The molecule has 1 amide bonds. The Morgan fingerprint density at radius 3 is 2.29 bits per heavy atom. The molecule has 3 heteroatoms. The predicted molar refractivity (Wildman–Crippen MR) is 117 cm³/mol. The highest BCUT2D eigenvalue weighted by Gasteiger charge is 2.27. The number of amides is 1. The lowest BCUT2D eigenvalue weighted by atomic mass is 9.76. The van der Waals surface area contributed by atoms with Crippen molar-refractivity contribution in [1.29, 1.82) is 0 Å². The number of rotatable bonds is 7. The van der Waals surface area contributed by atoms with Crippen LogP contribution in [0, 0.1) is 17.8 Å². The van der Waals surface area contributed by atoms with Crippen LogP contribution >= 0.6 is 0 Å². The summed E-state index contributed by atoms with van der Waals surface area (Å²) in [5, 5.41) is 1.30. The largest absolute Gasteiger partial charge is 0.342 e. The fourth-order valence-corrected chi connectivity index (χ4v) is 4.69. The van der Waals surface area contributed by atoms with E-state index >= 15 is 0 Å². The Morgan fingerprint density at radius 1 is 1.00 bits per heavy atom. The minimum atomic E-state index is 0.361. The molecule has 1 heterocycles. The highest BCUT2D eigenvalue weighted by molar-refractivity contribution is 5.82. The number of carbonyl (C=O) groups excluding carboxylic acids is 1. The number of hydrogen-bond donors (Lipinski definition) is 0. The summed E-state index contributed by atoms with van der Waals surface area (Å²) in [5.41, 5.74) is 2.53. The summed E-state index contributed by atoms with van der Waals surface area (Å²) in [6, 6.07) is 10.7. The molecule has 0 N–H and O–H groups in total. The van der Waals surface area contributed by atoms with Gasteiger partial charge >= 0.3 is 0 Å². The van der Waals surface area contributed by atoms with Crippen LogP contribution in [0.15, 0.2) is 36.5 Å². The van der Waals surface area contributed by atoms with Crippen molar-refractivity contribution in [1.82, 2.24) is 9.88 Å². The van der Waals surface area contributed by atoms with Crippen molar-refractivity contribution >= 4 is 16.8 Å². The van der Waals surface area contributed by atoms with Crippen molar-refractivity contribution in [3.8, 4) is 0 Å². The fraction of sp³-hybridized carbons (Fsp3) is 0.600. The molecule has 0 spiro atoms. The number of para-hydroxylation sites is 1. The zero-order chi connectivity index (χ0) is 20.1. The Kier molecular flexibility index (Phi) is 7.09. The first-order valence-electron chi connectivity index (χ1n) is 11.1. The average molecular weight is 381 g/mol. The molecule has 0 radical (unpaired) electrons. The molecule has 1 aliphatic rings. The maximum absolute atomic E-state index is 12.9. The zero-order valence-corrected chi connectivity index (χ0v) is 18.0. The molecule has 1 fully saturated rings. The fourth-order valence-electron chi connectivity index (χ4n) is 4.69. The van der Waals surface area contributed by atoms with Crippen LogP contribution in [-0.2, 0) is 4.79 Å². The van der Waals surface area contributed by atoms with Gasteiger partial charge in [-0.25, -0.2) is 0 Å². The maximum Gasteiger partial charge on any atom is 0.222 e. The van der Waals surface area contributed by atoms with Crippen molar-refractivity contribution in [2.75, 3.05) is 13.1 Å². The van der Waals surface area contributed by atoms with Crippen LogP contribution < -0.4 is 0 Å². The van der Waals surface area contributed by atoms with Crippen LogP contribution in [0.4, 0.5) is 0 Å². The van der Waals surface area contributed by atoms with Crippen LogP contribution in [0.5, 0.6) is 0 Å². The van der Waals surface area contributed by atoms with Crippen molar-refractivity contribution in [3.63, 3.8) is 0 Å². The smallest absolute Gasteiger partial charge is 0.222 e. The van der Waals surface area contributed by atoms with Crippen LogP contribution in [0.2, 0.25) is 0 Å². The Balaban J connectivity index is 1.59. The van der Waals surface area contributed by atoms with Crippen LogP contribution in [0.3, 0.4) is 0 Å². The standard InChI is InChI=1S/C25H36N2O/c1-18(2)16-27(17-19(3)4)25(28)15-20-9-11-21(12-10-20)22-13-14-26-24-8-6-5-7-23(22)24/h5-8,13-14,18-21H,9-12,15-17H2,1-4H3/t20-,21+. The molecule has 3 nitrogen and oxygen atoms in total. The minimum Gasteiger partial charge on any atom is -0.342 e. The van der Waals surface area contributed by atoms with E-state index in [1.807, 2.05) is 6.20 Å². The number of aromatic nitrogens is 1. The molecule has 0 atom stereocenters. The van der Waals surface area contributed by atoms with Gasteiger partial charge in [0.1, 0.15) is 0 Å². The lowest BCUT2D eigenvalue weighted by Gasteiger charge is -2.32. The monoisotopic (exact) mass is 380 g/mol. The summed E-state index contributed by atoms with van der Waals surface area (Å²) in [6.45, 7) is 10.6. The van der Waals surface area contributed by atoms with E-state index in [9.17, 15) is 4.79 Å². The van der Waals surface area contributed by atoms with Gasteiger partial charge in [0.05, 0.1) is 5.52 Å². The predicted octanol–water partition coefficient (Wildman–Crippen LogP) is 6.04. The van der Waals surface area contributed by atoms with Gasteiger partial charge < -0.3 is 4.90 Å². The Labute approximate surface area is 170 Å². The van der Waals surface area contributed by atoms with Crippen LogP contribution in [0.25, 0.3) is 10.9 Å².